The number of aromatic amines is 1. The summed E-state index contributed by atoms with van der Waals surface area (Å²) in [5, 5.41) is 22.5. The average Bonchev–Trinajstić information content (AvgIpc) is 3.30. The third-order valence-electron chi connectivity index (χ3n) is 4.61. The molecule has 0 aromatic carbocycles. The van der Waals surface area contributed by atoms with Gasteiger partial charge in [0.05, 0.1) is 17.8 Å². The second-order valence-corrected chi connectivity index (χ2v) is 7.96. The molecule has 1 fully saturated rings. The van der Waals surface area contributed by atoms with Gasteiger partial charge < -0.3 is 25.0 Å². The maximum absolute atomic E-state index is 12.6. The lowest BCUT2D eigenvalue weighted by Crippen LogP contribution is -2.55. The van der Waals surface area contributed by atoms with E-state index >= 15 is 0 Å². The summed E-state index contributed by atoms with van der Waals surface area (Å²) in [6, 6.07) is -0.151. The molecule has 0 saturated carbocycles. The third-order valence-corrected chi connectivity index (χ3v) is 6.08. The molecular weight excluding hydrogens is 404 g/mol. The van der Waals surface area contributed by atoms with Gasteiger partial charge >= 0.3 is 0 Å². The molecule has 2 aromatic rings. The van der Waals surface area contributed by atoms with E-state index < -0.39 is 6.10 Å². The number of carbonyl (C=O) groups excluding carboxylic acids is 1. The maximum Gasteiger partial charge on any atom is 0.287 e. The summed E-state index contributed by atoms with van der Waals surface area (Å²) in [6.07, 6.45) is 0.529. The third kappa shape index (κ3) is 4.62. The first-order valence-electron chi connectivity index (χ1n) is 9.36. The van der Waals surface area contributed by atoms with Gasteiger partial charge in [-0.2, -0.15) is 0 Å². The molecule has 1 unspecified atom stereocenters. The zero-order valence-electron chi connectivity index (χ0n) is 16.1. The van der Waals surface area contributed by atoms with Crippen LogP contribution in [0.3, 0.4) is 0 Å². The molecule has 154 valence electrons. The molecule has 3 heterocycles. The standard InChI is InChI=1S/C17H25ClN6O3S/c1-4-10-13(18)21-14(19-10)15(26)20-11-6-7-24(8-12(11)27-5-2)17-23-22-16(28-17)9(3)25/h9,11-12,25H,4-8H2,1-3H3,(H,19,21)(H,20,26)/t9?,11-,12+/m1/s1. The molecule has 9 nitrogen and oxygen atoms in total. The second-order valence-electron chi connectivity index (χ2n) is 6.62. The van der Waals surface area contributed by atoms with E-state index in [1.54, 1.807) is 6.92 Å². The Morgan fingerprint density at radius 3 is 2.89 bits per heavy atom. The number of anilines is 1. The van der Waals surface area contributed by atoms with Crippen molar-refractivity contribution in [1.29, 1.82) is 0 Å². The lowest BCUT2D eigenvalue weighted by Gasteiger charge is -2.38. The van der Waals surface area contributed by atoms with Crippen molar-refractivity contribution >= 4 is 34.0 Å². The lowest BCUT2D eigenvalue weighted by atomic mass is 10.0. The van der Waals surface area contributed by atoms with Gasteiger partial charge in [0.1, 0.15) is 11.1 Å². The number of carbonyl (C=O) groups is 1. The van der Waals surface area contributed by atoms with Crippen LogP contribution in [0.5, 0.6) is 0 Å². The highest BCUT2D eigenvalue weighted by molar-refractivity contribution is 7.15. The fourth-order valence-electron chi connectivity index (χ4n) is 3.13. The number of halogens is 1. The molecule has 1 aliphatic heterocycles. The number of nitrogens with zero attached hydrogens (tertiary/aromatic N) is 4. The molecule has 0 spiro atoms. The van der Waals surface area contributed by atoms with Gasteiger partial charge in [0.2, 0.25) is 5.13 Å². The summed E-state index contributed by atoms with van der Waals surface area (Å²) in [4.78, 5) is 21.7. The van der Waals surface area contributed by atoms with Crippen molar-refractivity contribution < 1.29 is 14.6 Å². The number of piperidine rings is 1. The number of hydrogen-bond donors (Lipinski definition) is 3. The van der Waals surface area contributed by atoms with Crippen molar-refractivity contribution in [3.8, 4) is 0 Å². The Bertz CT molecular complexity index is 811. The molecule has 3 atom stereocenters. The number of amides is 1. The van der Waals surface area contributed by atoms with Crippen LogP contribution in [0.15, 0.2) is 0 Å². The topological polar surface area (TPSA) is 116 Å². The smallest absolute Gasteiger partial charge is 0.287 e. The first-order valence-corrected chi connectivity index (χ1v) is 10.6. The molecule has 1 aliphatic rings. The normalized spacial score (nSPS) is 21.0. The van der Waals surface area contributed by atoms with Gasteiger partial charge in [-0.25, -0.2) is 4.98 Å². The number of imidazole rings is 1. The van der Waals surface area contributed by atoms with E-state index in [9.17, 15) is 9.90 Å². The Labute approximate surface area is 172 Å². The van der Waals surface area contributed by atoms with Crippen LogP contribution in [0, 0.1) is 0 Å². The summed E-state index contributed by atoms with van der Waals surface area (Å²) in [6.45, 7) is 7.34. The van der Waals surface area contributed by atoms with Gasteiger partial charge in [0.15, 0.2) is 11.0 Å². The Hall–Kier alpha value is -1.75. The van der Waals surface area contributed by atoms with Gasteiger partial charge in [-0.05, 0) is 26.7 Å². The predicted molar refractivity (Wildman–Crippen MR) is 107 cm³/mol. The first-order chi connectivity index (χ1) is 13.4. The molecule has 0 radical (unpaired) electrons. The predicted octanol–water partition coefficient (Wildman–Crippen LogP) is 1.94. The van der Waals surface area contributed by atoms with Gasteiger partial charge in [-0.1, -0.05) is 29.9 Å². The number of aliphatic hydroxyl groups is 1. The summed E-state index contributed by atoms with van der Waals surface area (Å²) in [5.74, 6) is -0.0812. The number of aliphatic hydroxyl groups excluding tert-OH is 1. The SMILES string of the molecule is CCO[C@H]1CN(c2nnc(C(C)O)s2)CC[C@H]1NC(=O)c1nc(Cl)c(CC)[nH]1. The molecular formula is C17H25ClN6O3S. The maximum atomic E-state index is 12.6. The van der Waals surface area contributed by atoms with Crippen molar-refractivity contribution in [3.63, 3.8) is 0 Å². The Morgan fingerprint density at radius 2 is 2.29 bits per heavy atom. The van der Waals surface area contributed by atoms with Crippen molar-refractivity contribution in [3.05, 3.63) is 21.7 Å². The van der Waals surface area contributed by atoms with Crippen LogP contribution >= 0.6 is 22.9 Å². The molecule has 3 rings (SSSR count). The minimum absolute atomic E-state index is 0.151. The number of H-pyrrole nitrogens is 1. The van der Waals surface area contributed by atoms with E-state index in [0.717, 1.165) is 10.8 Å². The zero-order valence-corrected chi connectivity index (χ0v) is 17.7. The van der Waals surface area contributed by atoms with Crippen molar-refractivity contribution in [1.82, 2.24) is 25.5 Å². The monoisotopic (exact) mass is 428 g/mol. The van der Waals surface area contributed by atoms with Crippen LogP contribution in [0.4, 0.5) is 5.13 Å². The molecule has 0 aliphatic carbocycles. The van der Waals surface area contributed by atoms with E-state index in [1.807, 2.05) is 13.8 Å². The summed E-state index contributed by atoms with van der Waals surface area (Å²) in [7, 11) is 0. The minimum Gasteiger partial charge on any atom is -0.386 e. The number of aromatic nitrogens is 4. The van der Waals surface area contributed by atoms with Crippen LogP contribution in [0.1, 0.15) is 54.6 Å². The Balaban J connectivity index is 1.67. The van der Waals surface area contributed by atoms with Gasteiger partial charge in [0, 0.05) is 19.7 Å². The quantitative estimate of drug-likeness (QED) is 0.617. The Morgan fingerprint density at radius 1 is 1.50 bits per heavy atom. The summed E-state index contributed by atoms with van der Waals surface area (Å²) >= 11 is 7.41. The first kappa shape index (κ1) is 21.0. The number of aryl methyl sites for hydroxylation is 1. The highest BCUT2D eigenvalue weighted by Crippen LogP contribution is 2.28. The van der Waals surface area contributed by atoms with E-state index in [4.69, 9.17) is 16.3 Å². The highest BCUT2D eigenvalue weighted by Gasteiger charge is 2.33. The van der Waals surface area contributed by atoms with Gasteiger partial charge in [-0.15, -0.1) is 10.2 Å². The highest BCUT2D eigenvalue weighted by atomic mass is 35.5. The number of nitrogens with one attached hydrogen (secondary N) is 2. The molecule has 1 saturated heterocycles. The molecule has 1 amide bonds. The Kier molecular flexibility index (Phi) is 6.86. The van der Waals surface area contributed by atoms with Crippen LogP contribution < -0.4 is 10.2 Å². The van der Waals surface area contributed by atoms with Crippen LogP contribution in [-0.4, -0.2) is 63.0 Å². The zero-order chi connectivity index (χ0) is 20.3. The van der Waals surface area contributed by atoms with Crippen LogP contribution in [-0.2, 0) is 11.2 Å². The molecule has 2 aromatic heterocycles. The largest absolute Gasteiger partial charge is 0.386 e. The van der Waals surface area contributed by atoms with E-state index in [2.05, 4.69) is 30.4 Å². The van der Waals surface area contributed by atoms with Crippen molar-refractivity contribution in [2.75, 3.05) is 24.6 Å². The lowest BCUT2D eigenvalue weighted by molar-refractivity contribution is 0.0271. The fourth-order valence-corrected chi connectivity index (χ4v) is 4.21. The van der Waals surface area contributed by atoms with Crippen molar-refractivity contribution in [2.45, 2.75) is 51.9 Å². The van der Waals surface area contributed by atoms with Gasteiger partial charge in [0.25, 0.3) is 5.91 Å². The average molecular weight is 429 g/mol. The molecule has 11 heteroatoms. The van der Waals surface area contributed by atoms with E-state index in [1.165, 1.54) is 11.3 Å². The molecule has 28 heavy (non-hydrogen) atoms. The minimum atomic E-state index is -0.640. The number of rotatable bonds is 7. The van der Waals surface area contributed by atoms with Crippen LogP contribution in [0.25, 0.3) is 0 Å². The molecule has 3 N–H and O–H groups in total. The number of ether oxygens (including phenoxy) is 1. The van der Waals surface area contributed by atoms with E-state index in [-0.39, 0.29) is 23.9 Å². The summed E-state index contributed by atoms with van der Waals surface area (Å²) < 4.78 is 5.88. The fraction of sp³-hybridized carbons (Fsp3) is 0.647. The molecule has 0 bridgehead atoms. The van der Waals surface area contributed by atoms with Crippen LogP contribution in [0.2, 0.25) is 5.15 Å². The second kappa shape index (κ2) is 9.17. The number of hydrogen-bond acceptors (Lipinski definition) is 8. The van der Waals surface area contributed by atoms with Gasteiger partial charge in [-0.3, -0.25) is 4.79 Å². The summed E-state index contributed by atoms with van der Waals surface area (Å²) in [5.41, 5.74) is 0.744. The van der Waals surface area contributed by atoms with Crippen molar-refractivity contribution in [2.24, 2.45) is 0 Å². The van der Waals surface area contributed by atoms with E-state index in [0.29, 0.717) is 42.7 Å².